The summed E-state index contributed by atoms with van der Waals surface area (Å²) in [5.74, 6) is -7.21. The first-order valence-electron chi connectivity index (χ1n) is 13.6. The van der Waals surface area contributed by atoms with Gasteiger partial charge in [-0.05, 0) is 55.7 Å². The molecular weight excluding hydrogens is 520 g/mol. The SMILES string of the molecule is Cc1cc([C@H]2C3=CC[C@@H]4C(=O)N(CCCC(=O)O)C(=O)[C@@H]4[C@@H]3C[C@H]3C(=O)N(CCCC(=O)O)C(=O)[C@@H]23)ccc1O. The molecule has 1 saturated carbocycles. The Kier molecular flexibility index (Phi) is 7.24. The molecule has 3 fully saturated rings. The molecule has 1 aromatic carbocycles. The van der Waals surface area contributed by atoms with Gasteiger partial charge >= 0.3 is 11.9 Å². The second kappa shape index (κ2) is 10.5. The quantitative estimate of drug-likeness (QED) is 0.307. The van der Waals surface area contributed by atoms with Gasteiger partial charge < -0.3 is 15.3 Å². The predicted molar refractivity (Wildman–Crippen MR) is 138 cm³/mol. The highest BCUT2D eigenvalue weighted by atomic mass is 16.4. The van der Waals surface area contributed by atoms with E-state index in [4.69, 9.17) is 10.2 Å². The zero-order valence-corrected chi connectivity index (χ0v) is 22.1. The van der Waals surface area contributed by atoms with Crippen molar-refractivity contribution >= 4 is 35.6 Å². The number of imide groups is 2. The minimum absolute atomic E-state index is 0.0111. The molecule has 0 unspecified atom stereocenters. The normalized spacial score (nSPS) is 29.3. The first kappa shape index (κ1) is 27.5. The van der Waals surface area contributed by atoms with Crippen LogP contribution in [0.3, 0.4) is 0 Å². The predicted octanol–water partition coefficient (Wildman–Crippen LogP) is 2.07. The van der Waals surface area contributed by atoms with Crippen LogP contribution in [0.5, 0.6) is 5.75 Å². The molecule has 0 spiro atoms. The van der Waals surface area contributed by atoms with Crippen LogP contribution in [0.1, 0.15) is 55.6 Å². The highest BCUT2D eigenvalue weighted by Gasteiger charge is 2.61. The Morgan fingerprint density at radius 1 is 0.825 bits per heavy atom. The third-order valence-corrected chi connectivity index (χ3v) is 8.96. The fraction of sp³-hybridized carbons (Fsp3) is 0.517. The fourth-order valence-electron chi connectivity index (χ4n) is 7.18. The molecule has 1 aromatic rings. The van der Waals surface area contributed by atoms with Gasteiger partial charge in [0.05, 0.1) is 23.7 Å². The molecule has 5 rings (SSSR count). The monoisotopic (exact) mass is 552 g/mol. The summed E-state index contributed by atoms with van der Waals surface area (Å²) in [5.41, 5.74) is 2.15. The van der Waals surface area contributed by atoms with Gasteiger partial charge in [-0.3, -0.25) is 38.6 Å². The van der Waals surface area contributed by atoms with Crippen LogP contribution in [-0.2, 0) is 28.8 Å². The van der Waals surface area contributed by atoms with E-state index in [1.165, 1.54) is 6.07 Å². The molecular formula is C29H32N2O9. The van der Waals surface area contributed by atoms with E-state index in [0.29, 0.717) is 12.0 Å². The first-order chi connectivity index (χ1) is 19.0. The molecule has 2 saturated heterocycles. The number of nitrogens with zero attached hydrogens (tertiary/aromatic N) is 2. The highest BCUT2D eigenvalue weighted by molar-refractivity contribution is 6.08. The molecule has 40 heavy (non-hydrogen) atoms. The Morgan fingerprint density at radius 2 is 1.40 bits per heavy atom. The number of phenols is 1. The van der Waals surface area contributed by atoms with Crippen LogP contribution in [0.15, 0.2) is 29.8 Å². The molecule has 212 valence electrons. The summed E-state index contributed by atoms with van der Waals surface area (Å²) in [7, 11) is 0. The van der Waals surface area contributed by atoms with Crippen LogP contribution < -0.4 is 0 Å². The lowest BCUT2D eigenvalue weighted by atomic mass is 9.57. The van der Waals surface area contributed by atoms with Crippen LogP contribution in [-0.4, -0.2) is 73.8 Å². The van der Waals surface area contributed by atoms with E-state index in [0.717, 1.165) is 20.9 Å². The van der Waals surface area contributed by atoms with E-state index in [2.05, 4.69) is 0 Å². The first-order valence-corrected chi connectivity index (χ1v) is 13.6. The molecule has 11 heteroatoms. The van der Waals surface area contributed by atoms with Gasteiger partial charge in [-0.25, -0.2) is 0 Å². The summed E-state index contributed by atoms with van der Waals surface area (Å²) in [4.78, 5) is 78.4. The number of carbonyl (C=O) groups excluding carboxylic acids is 4. The van der Waals surface area contributed by atoms with Crippen LogP contribution >= 0.6 is 0 Å². The van der Waals surface area contributed by atoms with Crippen molar-refractivity contribution in [3.05, 3.63) is 41.0 Å². The van der Waals surface area contributed by atoms with Crippen molar-refractivity contribution in [2.75, 3.05) is 13.1 Å². The van der Waals surface area contributed by atoms with Gasteiger partial charge in [-0.2, -0.15) is 0 Å². The molecule has 0 bridgehead atoms. The molecule has 4 aliphatic rings. The third-order valence-electron chi connectivity index (χ3n) is 8.96. The molecule has 3 N–H and O–H groups in total. The number of phenolic OH excluding ortho intramolecular Hbond substituents is 1. The summed E-state index contributed by atoms with van der Waals surface area (Å²) < 4.78 is 0. The van der Waals surface area contributed by atoms with Gasteiger partial charge in [0.1, 0.15) is 5.75 Å². The van der Waals surface area contributed by atoms with Gasteiger partial charge in [-0.15, -0.1) is 0 Å². The molecule has 2 aliphatic heterocycles. The number of aryl methyl sites for hydroxylation is 1. The van der Waals surface area contributed by atoms with E-state index < -0.39 is 53.4 Å². The topological polar surface area (TPSA) is 170 Å². The number of benzene rings is 1. The maximum Gasteiger partial charge on any atom is 0.303 e. The minimum Gasteiger partial charge on any atom is -0.508 e. The molecule has 2 aliphatic carbocycles. The van der Waals surface area contributed by atoms with Crippen LogP contribution in [0, 0.1) is 36.5 Å². The van der Waals surface area contributed by atoms with Gasteiger partial charge in [0.2, 0.25) is 23.6 Å². The molecule has 0 aromatic heterocycles. The number of likely N-dealkylation sites (tertiary alicyclic amines) is 2. The van der Waals surface area contributed by atoms with Crippen LogP contribution in [0.4, 0.5) is 0 Å². The third kappa shape index (κ3) is 4.56. The molecule has 4 amide bonds. The van der Waals surface area contributed by atoms with Crippen molar-refractivity contribution in [3.8, 4) is 5.75 Å². The Bertz CT molecular complexity index is 1330. The number of carboxylic acids is 2. The number of carboxylic acid groups (broad SMARTS) is 2. The number of amides is 4. The number of hydrogen-bond acceptors (Lipinski definition) is 7. The number of aromatic hydroxyl groups is 1. The zero-order valence-electron chi connectivity index (χ0n) is 22.1. The second-order valence-corrected chi connectivity index (χ2v) is 11.2. The largest absolute Gasteiger partial charge is 0.508 e. The molecule has 6 atom stereocenters. The lowest BCUT2D eigenvalue weighted by Crippen LogP contribution is -2.43. The fourth-order valence-corrected chi connectivity index (χ4v) is 7.18. The summed E-state index contributed by atoms with van der Waals surface area (Å²) in [5, 5.41) is 28.2. The van der Waals surface area contributed by atoms with Crippen molar-refractivity contribution in [1.82, 2.24) is 9.80 Å². The molecule has 0 radical (unpaired) electrons. The van der Waals surface area contributed by atoms with Gasteiger partial charge in [0.15, 0.2) is 0 Å². The number of rotatable bonds is 9. The zero-order chi connectivity index (χ0) is 28.9. The van der Waals surface area contributed by atoms with Crippen molar-refractivity contribution in [1.29, 1.82) is 0 Å². The molecule has 2 heterocycles. The van der Waals surface area contributed by atoms with Crippen LogP contribution in [0.25, 0.3) is 0 Å². The van der Waals surface area contributed by atoms with Gasteiger partial charge in [0, 0.05) is 31.8 Å². The van der Waals surface area contributed by atoms with Gasteiger partial charge in [-0.1, -0.05) is 23.8 Å². The Balaban J connectivity index is 1.51. The maximum atomic E-state index is 13.7. The lowest BCUT2D eigenvalue weighted by Gasteiger charge is -2.44. The van der Waals surface area contributed by atoms with Crippen LogP contribution in [0.2, 0.25) is 0 Å². The average molecular weight is 553 g/mol. The van der Waals surface area contributed by atoms with Gasteiger partial charge in [0.25, 0.3) is 0 Å². The van der Waals surface area contributed by atoms with E-state index in [1.807, 2.05) is 6.08 Å². The van der Waals surface area contributed by atoms with E-state index in [-0.39, 0.29) is 68.7 Å². The average Bonchev–Trinajstić information content (AvgIpc) is 3.28. The van der Waals surface area contributed by atoms with Crippen molar-refractivity contribution in [2.24, 2.45) is 29.6 Å². The second-order valence-electron chi connectivity index (χ2n) is 11.2. The summed E-state index contributed by atoms with van der Waals surface area (Å²) >= 11 is 0. The molecule has 11 nitrogen and oxygen atoms in total. The summed E-state index contributed by atoms with van der Waals surface area (Å²) in [6.45, 7) is 1.74. The van der Waals surface area contributed by atoms with E-state index in [1.54, 1.807) is 19.1 Å². The Hall–Kier alpha value is -4.02. The number of hydrogen-bond donors (Lipinski definition) is 3. The van der Waals surface area contributed by atoms with E-state index >= 15 is 0 Å². The standard InChI is InChI=1S/C29H32N2O9/c1-14-12-15(6-9-20(14)32)23-16-7-8-17-24(28(39)30(26(17)37)10-2-4-21(33)34)18(16)13-19-25(23)29(40)31(27(19)38)11-3-5-22(35)36/h6-7,9,12,17-19,23-25,32H,2-5,8,10-11,13H2,1H3,(H,33,34)(H,35,36)/t17-,18+,19+,23-,24-,25+/m0/s1. The highest BCUT2D eigenvalue weighted by Crippen LogP contribution is 2.58. The summed E-state index contributed by atoms with van der Waals surface area (Å²) in [6.07, 6.45) is 2.36. The number of fused-ring (bicyclic) bond motifs is 4. The lowest BCUT2D eigenvalue weighted by molar-refractivity contribution is -0.143. The smallest absolute Gasteiger partial charge is 0.303 e. The van der Waals surface area contributed by atoms with Crippen molar-refractivity contribution in [3.63, 3.8) is 0 Å². The van der Waals surface area contributed by atoms with Crippen molar-refractivity contribution < 1.29 is 44.1 Å². The number of carbonyl (C=O) groups is 6. The maximum absolute atomic E-state index is 13.7. The number of aliphatic carboxylic acids is 2. The Morgan fingerprint density at radius 3 is 1.98 bits per heavy atom. The summed E-state index contributed by atoms with van der Waals surface area (Å²) in [6, 6.07) is 5.02. The number of allylic oxidation sites excluding steroid dienone is 2. The van der Waals surface area contributed by atoms with Crippen molar-refractivity contribution in [2.45, 2.75) is 51.4 Å². The Labute approximate surface area is 230 Å². The van der Waals surface area contributed by atoms with E-state index in [9.17, 15) is 33.9 Å². The minimum atomic E-state index is -1.02.